The smallest absolute Gasteiger partial charge is 0.328 e. The van der Waals surface area contributed by atoms with Crippen molar-refractivity contribution in [3.63, 3.8) is 0 Å². The maximum absolute atomic E-state index is 12.1. The highest BCUT2D eigenvalue weighted by atomic mass is 32.2. The van der Waals surface area contributed by atoms with Crippen LogP contribution in [-0.2, 0) is 26.1 Å². The van der Waals surface area contributed by atoms with Gasteiger partial charge in [-0.05, 0) is 0 Å². The van der Waals surface area contributed by atoms with E-state index in [-0.39, 0.29) is 43.8 Å². The molecule has 1 saturated heterocycles. The van der Waals surface area contributed by atoms with Crippen molar-refractivity contribution in [3.8, 4) is 0 Å². The van der Waals surface area contributed by atoms with Gasteiger partial charge in [0.25, 0.3) is 5.56 Å². The molecule has 140 valence electrons. The van der Waals surface area contributed by atoms with E-state index in [2.05, 4.69) is 10.3 Å². The summed E-state index contributed by atoms with van der Waals surface area (Å²) in [5.41, 5.74) is -1.08. The van der Waals surface area contributed by atoms with Gasteiger partial charge in [-0.2, -0.15) is 0 Å². The van der Waals surface area contributed by atoms with E-state index in [0.29, 0.717) is 0 Å². The Hall–Kier alpha value is -1.98. The first-order valence-corrected chi connectivity index (χ1v) is 9.37. The molecule has 10 nitrogen and oxygen atoms in total. The van der Waals surface area contributed by atoms with Gasteiger partial charge in [-0.1, -0.05) is 0 Å². The lowest BCUT2D eigenvalue weighted by atomic mass is 10.1. The van der Waals surface area contributed by atoms with E-state index in [0.717, 1.165) is 4.31 Å². The molecule has 0 radical (unpaired) electrons. The summed E-state index contributed by atoms with van der Waals surface area (Å²) in [5, 5.41) is 2.76. The number of amides is 1. The number of sulfonamides is 1. The molecule has 2 N–H and O–H groups in total. The third kappa shape index (κ3) is 5.25. The van der Waals surface area contributed by atoms with E-state index >= 15 is 0 Å². The van der Waals surface area contributed by atoms with Crippen molar-refractivity contribution >= 4 is 15.9 Å². The Kier molecular flexibility index (Phi) is 6.14. The highest BCUT2D eigenvalue weighted by Crippen LogP contribution is 2.17. The molecule has 0 saturated carbocycles. The van der Waals surface area contributed by atoms with Crippen molar-refractivity contribution in [1.82, 2.24) is 19.2 Å². The summed E-state index contributed by atoms with van der Waals surface area (Å²) in [6.07, 6.45) is 1.34. The maximum Gasteiger partial charge on any atom is 0.328 e. The highest BCUT2D eigenvalue weighted by Gasteiger charge is 2.34. The van der Waals surface area contributed by atoms with E-state index < -0.39 is 27.3 Å². The van der Waals surface area contributed by atoms with Gasteiger partial charge in [0.05, 0.1) is 25.0 Å². The van der Waals surface area contributed by atoms with Gasteiger partial charge in [0.2, 0.25) is 15.9 Å². The van der Waals surface area contributed by atoms with Crippen molar-refractivity contribution in [2.24, 2.45) is 5.92 Å². The monoisotopic (exact) mass is 374 g/mol. The summed E-state index contributed by atoms with van der Waals surface area (Å²) >= 11 is 0. The Morgan fingerprint density at radius 1 is 1.40 bits per heavy atom. The first-order chi connectivity index (χ1) is 11.7. The zero-order valence-electron chi connectivity index (χ0n) is 14.1. The van der Waals surface area contributed by atoms with Gasteiger partial charge in [-0.25, -0.2) is 17.5 Å². The Morgan fingerprint density at radius 2 is 2.12 bits per heavy atom. The molecule has 25 heavy (non-hydrogen) atoms. The lowest BCUT2D eigenvalue weighted by molar-refractivity contribution is -0.122. The van der Waals surface area contributed by atoms with Crippen LogP contribution in [0.4, 0.5) is 0 Å². The summed E-state index contributed by atoms with van der Waals surface area (Å²) < 4.78 is 31.6. The zero-order valence-corrected chi connectivity index (χ0v) is 14.9. The van der Waals surface area contributed by atoms with E-state index in [1.165, 1.54) is 30.9 Å². The van der Waals surface area contributed by atoms with Gasteiger partial charge >= 0.3 is 5.69 Å². The van der Waals surface area contributed by atoms with Crippen LogP contribution in [0.2, 0.25) is 0 Å². The molecule has 1 amide bonds. The summed E-state index contributed by atoms with van der Waals surface area (Å²) in [6, 6.07) is 0.807. The number of rotatable bonds is 7. The van der Waals surface area contributed by atoms with Crippen LogP contribution < -0.4 is 16.6 Å². The first-order valence-electron chi connectivity index (χ1n) is 7.76. The van der Waals surface area contributed by atoms with Crippen LogP contribution in [0.5, 0.6) is 0 Å². The van der Waals surface area contributed by atoms with Crippen LogP contribution in [0, 0.1) is 5.92 Å². The third-order valence-corrected chi connectivity index (χ3v) is 5.96. The molecule has 2 atom stereocenters. The fourth-order valence-electron chi connectivity index (χ4n) is 2.46. The second-order valence-corrected chi connectivity index (χ2v) is 8.31. The van der Waals surface area contributed by atoms with Gasteiger partial charge in [-0.15, -0.1) is 0 Å². The van der Waals surface area contributed by atoms with Gasteiger partial charge in [0, 0.05) is 45.2 Å². The molecule has 0 aromatic carbocycles. The minimum absolute atomic E-state index is 0.0234. The Bertz CT molecular complexity index is 828. The predicted molar refractivity (Wildman–Crippen MR) is 89.7 cm³/mol. The Morgan fingerprint density at radius 3 is 2.76 bits per heavy atom. The molecule has 11 heteroatoms. The number of carbonyl (C=O) groups excluding carboxylic acids is 1. The van der Waals surface area contributed by atoms with Crippen LogP contribution in [0.25, 0.3) is 0 Å². The van der Waals surface area contributed by atoms with Gasteiger partial charge in [0.1, 0.15) is 0 Å². The van der Waals surface area contributed by atoms with Crippen LogP contribution in [-0.4, -0.2) is 67.3 Å². The number of carbonyl (C=O) groups is 1. The lowest BCUT2D eigenvalue weighted by Gasteiger charge is -2.21. The molecule has 2 rings (SSSR count). The summed E-state index contributed by atoms with van der Waals surface area (Å²) in [5.74, 6) is -0.752. The summed E-state index contributed by atoms with van der Waals surface area (Å²) in [6.45, 7) is 0.616. The average Bonchev–Trinajstić information content (AvgIpc) is 2.92. The molecular weight excluding hydrogens is 352 g/mol. The molecule has 1 aliphatic heterocycles. The van der Waals surface area contributed by atoms with Gasteiger partial charge < -0.3 is 14.6 Å². The van der Waals surface area contributed by atoms with Gasteiger partial charge in [-0.3, -0.25) is 14.6 Å². The zero-order chi connectivity index (χ0) is 18.6. The topological polar surface area (TPSA) is 131 Å². The van der Waals surface area contributed by atoms with Crippen LogP contribution >= 0.6 is 0 Å². The molecule has 0 spiro atoms. The van der Waals surface area contributed by atoms with E-state index in [4.69, 9.17) is 4.74 Å². The predicted octanol–water partition coefficient (Wildman–Crippen LogP) is -2.05. The summed E-state index contributed by atoms with van der Waals surface area (Å²) in [7, 11) is -0.474. The third-order valence-electron chi connectivity index (χ3n) is 4.00. The van der Waals surface area contributed by atoms with Crippen molar-refractivity contribution in [2.45, 2.75) is 19.0 Å². The SMILES string of the molecule is CN(C)S(=O)(=O)C[C@@H]1COC[C@@H]1NC(=O)CCn1ccc(=O)[nH]c1=O. The highest BCUT2D eigenvalue weighted by molar-refractivity contribution is 7.89. The van der Waals surface area contributed by atoms with Crippen molar-refractivity contribution < 1.29 is 17.9 Å². The number of nitrogens with zero attached hydrogens (tertiary/aromatic N) is 2. The minimum atomic E-state index is -3.39. The van der Waals surface area contributed by atoms with Crippen LogP contribution in [0.3, 0.4) is 0 Å². The molecular formula is C14H22N4O6S. The van der Waals surface area contributed by atoms with Crippen molar-refractivity contribution in [1.29, 1.82) is 0 Å². The number of hydrogen-bond acceptors (Lipinski definition) is 6. The van der Waals surface area contributed by atoms with Crippen molar-refractivity contribution in [2.75, 3.05) is 33.1 Å². The first kappa shape index (κ1) is 19.3. The van der Waals surface area contributed by atoms with E-state index in [1.807, 2.05) is 0 Å². The average molecular weight is 374 g/mol. The minimum Gasteiger partial charge on any atom is -0.379 e. The number of aryl methyl sites for hydroxylation is 1. The number of hydrogen-bond donors (Lipinski definition) is 2. The molecule has 1 aromatic rings. The number of ether oxygens (including phenoxy) is 1. The molecule has 0 bridgehead atoms. The lowest BCUT2D eigenvalue weighted by Crippen LogP contribution is -2.44. The quantitative estimate of drug-likeness (QED) is 0.565. The largest absolute Gasteiger partial charge is 0.379 e. The maximum atomic E-state index is 12.1. The van der Waals surface area contributed by atoms with E-state index in [9.17, 15) is 22.8 Å². The van der Waals surface area contributed by atoms with Crippen molar-refractivity contribution in [3.05, 3.63) is 33.1 Å². The fourth-order valence-corrected chi connectivity index (χ4v) is 3.63. The van der Waals surface area contributed by atoms with Crippen LogP contribution in [0.1, 0.15) is 6.42 Å². The fraction of sp³-hybridized carbons (Fsp3) is 0.643. The molecule has 0 aliphatic carbocycles. The van der Waals surface area contributed by atoms with E-state index in [1.54, 1.807) is 0 Å². The van der Waals surface area contributed by atoms with Crippen LogP contribution in [0.15, 0.2) is 21.9 Å². The number of nitrogens with one attached hydrogen (secondary N) is 2. The normalized spacial score (nSPS) is 20.8. The standard InChI is InChI=1S/C14H22N4O6S/c1-17(2)25(22,23)9-10-7-24-8-11(10)15-12(19)3-5-18-6-4-13(20)16-14(18)21/h4,6,10-11H,3,5,7-9H2,1-2H3,(H,15,19)(H,16,20,21)/t10-,11-/m0/s1. The number of aromatic amines is 1. The summed E-state index contributed by atoms with van der Waals surface area (Å²) in [4.78, 5) is 36.7. The van der Waals surface area contributed by atoms with Gasteiger partial charge in [0.15, 0.2) is 0 Å². The molecule has 1 aromatic heterocycles. The number of aromatic nitrogens is 2. The Balaban J connectivity index is 1.91. The Labute approximate surface area is 144 Å². The number of H-pyrrole nitrogens is 1. The molecule has 2 heterocycles. The second kappa shape index (κ2) is 7.93. The molecule has 1 aliphatic rings. The second-order valence-electron chi connectivity index (χ2n) is 6.09. The molecule has 1 fully saturated rings. The molecule has 0 unspecified atom stereocenters.